The van der Waals surface area contributed by atoms with Gasteiger partial charge in [-0.15, -0.1) is 0 Å². The first kappa shape index (κ1) is 20.0. The molecule has 3 aromatic heterocycles. The van der Waals surface area contributed by atoms with Crippen LogP contribution in [-0.4, -0.2) is 59.2 Å². The molecule has 0 aliphatic carbocycles. The van der Waals surface area contributed by atoms with Gasteiger partial charge in [0.05, 0.1) is 36.9 Å². The number of aryl methyl sites for hydroxylation is 1. The van der Waals surface area contributed by atoms with E-state index in [1.807, 2.05) is 26.0 Å². The summed E-state index contributed by atoms with van der Waals surface area (Å²) < 4.78 is 24.9. The fourth-order valence-electron chi connectivity index (χ4n) is 3.80. The highest BCUT2D eigenvalue weighted by Crippen LogP contribution is 2.45. The minimum absolute atomic E-state index is 0.165. The molecular weight excluding hydrogens is 389 g/mol. The minimum Gasteiger partial charge on any atom is -0.377 e. The number of rotatable bonds is 5. The number of H-pyrrole nitrogens is 1. The number of hydrogen-bond acceptors (Lipinski definition) is 7. The van der Waals surface area contributed by atoms with Crippen LogP contribution in [0, 0.1) is 6.92 Å². The molecule has 0 bridgehead atoms. The van der Waals surface area contributed by atoms with Crippen molar-refractivity contribution in [3.8, 4) is 11.4 Å². The Morgan fingerprint density at radius 3 is 2.97 bits per heavy atom. The summed E-state index contributed by atoms with van der Waals surface area (Å²) in [5, 5.41) is 8.53. The number of hydrogen-bond donors (Lipinski definition) is 1. The third-order valence-electron chi connectivity index (χ3n) is 5.22. The number of nitrogens with zero attached hydrogens (tertiary/aromatic N) is 4. The molecule has 4 heterocycles. The van der Waals surface area contributed by atoms with E-state index in [4.69, 9.17) is 14.2 Å². The Kier molecular flexibility index (Phi) is 5.42. The third-order valence-corrected chi connectivity index (χ3v) is 7.20. The lowest BCUT2D eigenvalue weighted by Crippen LogP contribution is -2.44. The molecular formula is C20H26N5O3P. The normalized spacial score (nSPS) is 19.4. The molecule has 1 N–H and O–H groups in total. The molecule has 1 aliphatic heterocycles. The highest BCUT2D eigenvalue weighted by atomic mass is 31.2. The average Bonchev–Trinajstić information content (AvgIpc) is 3.22. The van der Waals surface area contributed by atoms with Crippen molar-refractivity contribution >= 4 is 29.4 Å². The van der Waals surface area contributed by atoms with Gasteiger partial charge in [0, 0.05) is 31.0 Å². The van der Waals surface area contributed by atoms with Gasteiger partial charge < -0.3 is 14.2 Å². The number of pyridine rings is 2. The van der Waals surface area contributed by atoms with Gasteiger partial charge in [-0.05, 0) is 38.5 Å². The zero-order chi connectivity index (χ0) is 20.6. The predicted molar refractivity (Wildman–Crippen MR) is 114 cm³/mol. The van der Waals surface area contributed by atoms with Gasteiger partial charge in [0.2, 0.25) is 7.37 Å². The quantitative estimate of drug-likeness (QED) is 0.640. The molecule has 3 aromatic rings. The topological polar surface area (TPSA) is 93.2 Å². The van der Waals surface area contributed by atoms with Crippen LogP contribution in [-0.2, 0) is 13.8 Å². The largest absolute Gasteiger partial charge is 0.377 e. The highest BCUT2D eigenvalue weighted by molar-refractivity contribution is 7.66. The van der Waals surface area contributed by atoms with Crippen LogP contribution in [0.2, 0.25) is 0 Å². The van der Waals surface area contributed by atoms with Crippen LogP contribution in [0.1, 0.15) is 19.4 Å². The number of anilines is 1. The van der Waals surface area contributed by atoms with E-state index in [-0.39, 0.29) is 6.04 Å². The SMILES string of the molecule is CCOP(C)(=O)c1cc(N2CCOC[C@H]2C)nc2c(-c3ccn[nH]3)ncc(C)c12. The highest BCUT2D eigenvalue weighted by Gasteiger charge is 2.29. The first-order chi connectivity index (χ1) is 13.9. The van der Waals surface area contributed by atoms with Gasteiger partial charge in [0.25, 0.3) is 0 Å². The zero-order valence-electron chi connectivity index (χ0n) is 17.2. The molecule has 1 saturated heterocycles. The lowest BCUT2D eigenvalue weighted by Gasteiger charge is -2.35. The molecule has 0 aromatic carbocycles. The predicted octanol–water partition coefficient (Wildman–Crippen LogP) is 3.12. The maximum absolute atomic E-state index is 13.6. The van der Waals surface area contributed by atoms with Crippen molar-refractivity contribution in [1.29, 1.82) is 0 Å². The number of morpholine rings is 1. The Morgan fingerprint density at radius 2 is 2.28 bits per heavy atom. The van der Waals surface area contributed by atoms with Crippen molar-refractivity contribution in [2.24, 2.45) is 0 Å². The summed E-state index contributed by atoms with van der Waals surface area (Å²) in [6, 6.07) is 3.94. The van der Waals surface area contributed by atoms with Crippen molar-refractivity contribution in [3.05, 3.63) is 30.1 Å². The second-order valence-corrected chi connectivity index (χ2v) is 9.80. The summed E-state index contributed by atoms with van der Waals surface area (Å²) in [6.07, 6.45) is 3.47. The molecule has 9 heteroatoms. The average molecular weight is 415 g/mol. The fraction of sp³-hybridized carbons (Fsp3) is 0.450. The van der Waals surface area contributed by atoms with E-state index in [0.717, 1.165) is 29.0 Å². The number of aromatic nitrogens is 4. The first-order valence-corrected chi connectivity index (χ1v) is 11.9. The molecule has 4 rings (SSSR count). The van der Waals surface area contributed by atoms with E-state index in [1.165, 1.54) is 0 Å². The Bertz CT molecular complexity index is 1070. The van der Waals surface area contributed by atoms with E-state index < -0.39 is 7.37 Å². The zero-order valence-corrected chi connectivity index (χ0v) is 18.1. The van der Waals surface area contributed by atoms with Gasteiger partial charge in [0.1, 0.15) is 17.0 Å². The maximum atomic E-state index is 13.6. The number of fused-ring (bicyclic) bond motifs is 1. The summed E-state index contributed by atoms with van der Waals surface area (Å²) >= 11 is 0. The van der Waals surface area contributed by atoms with Crippen LogP contribution in [0.5, 0.6) is 0 Å². The molecule has 2 atom stereocenters. The second kappa shape index (κ2) is 7.86. The molecule has 1 aliphatic rings. The van der Waals surface area contributed by atoms with Gasteiger partial charge in [-0.3, -0.25) is 14.6 Å². The van der Waals surface area contributed by atoms with Crippen LogP contribution < -0.4 is 10.2 Å². The third kappa shape index (κ3) is 3.68. The van der Waals surface area contributed by atoms with E-state index in [2.05, 4.69) is 27.0 Å². The minimum atomic E-state index is -3.06. The van der Waals surface area contributed by atoms with E-state index >= 15 is 0 Å². The first-order valence-electron chi connectivity index (χ1n) is 9.79. The van der Waals surface area contributed by atoms with Gasteiger partial charge >= 0.3 is 0 Å². The lowest BCUT2D eigenvalue weighted by molar-refractivity contribution is 0.0986. The molecule has 29 heavy (non-hydrogen) atoms. The van der Waals surface area contributed by atoms with Crippen molar-refractivity contribution < 1.29 is 13.8 Å². The van der Waals surface area contributed by atoms with Gasteiger partial charge in [-0.2, -0.15) is 5.10 Å². The molecule has 0 radical (unpaired) electrons. The van der Waals surface area contributed by atoms with E-state index in [1.54, 1.807) is 19.1 Å². The molecule has 1 unspecified atom stereocenters. The van der Waals surface area contributed by atoms with Crippen LogP contribution in [0.15, 0.2) is 24.5 Å². The Morgan fingerprint density at radius 1 is 1.45 bits per heavy atom. The lowest BCUT2D eigenvalue weighted by atomic mass is 10.1. The van der Waals surface area contributed by atoms with E-state index in [0.29, 0.717) is 36.3 Å². The van der Waals surface area contributed by atoms with E-state index in [9.17, 15) is 4.57 Å². The van der Waals surface area contributed by atoms with Crippen LogP contribution in [0.3, 0.4) is 0 Å². The fourth-order valence-corrected chi connectivity index (χ4v) is 5.47. The summed E-state index contributed by atoms with van der Waals surface area (Å²) in [7, 11) is -3.06. The van der Waals surface area contributed by atoms with Crippen molar-refractivity contribution in [3.63, 3.8) is 0 Å². The summed E-state index contributed by atoms with van der Waals surface area (Å²) in [4.78, 5) is 11.8. The van der Waals surface area contributed by atoms with Crippen molar-refractivity contribution in [2.75, 3.05) is 37.9 Å². The number of nitrogens with one attached hydrogen (secondary N) is 1. The monoisotopic (exact) mass is 415 g/mol. The van der Waals surface area contributed by atoms with Gasteiger partial charge in [-0.1, -0.05) is 0 Å². The summed E-state index contributed by atoms with van der Waals surface area (Å²) in [5.41, 5.74) is 3.06. The van der Waals surface area contributed by atoms with Crippen LogP contribution in [0.4, 0.5) is 5.82 Å². The summed E-state index contributed by atoms with van der Waals surface area (Å²) in [5.74, 6) is 0.762. The maximum Gasteiger partial charge on any atom is 0.229 e. The Balaban J connectivity index is 2.03. The molecule has 154 valence electrons. The molecule has 1 fully saturated rings. The smallest absolute Gasteiger partial charge is 0.229 e. The summed E-state index contributed by atoms with van der Waals surface area (Å²) in [6.45, 7) is 9.95. The molecule has 0 saturated carbocycles. The Hall–Kier alpha value is -2.28. The van der Waals surface area contributed by atoms with Gasteiger partial charge in [-0.25, -0.2) is 4.98 Å². The standard InChI is InChI=1S/C20H26N5O3P/c1-5-28-29(4,26)16-10-17(25-8-9-27-12-14(25)3)23-20-18(16)13(2)11-21-19(20)15-6-7-22-24-15/h6-7,10-11,14H,5,8-9,12H2,1-4H3,(H,22,24)/t14-,29?/m1/s1. The molecule has 8 nitrogen and oxygen atoms in total. The van der Waals surface area contributed by atoms with Crippen LogP contribution in [0.25, 0.3) is 22.3 Å². The van der Waals surface area contributed by atoms with Crippen molar-refractivity contribution in [1.82, 2.24) is 20.2 Å². The number of ether oxygens (including phenoxy) is 1. The number of aromatic amines is 1. The second-order valence-electron chi connectivity index (χ2n) is 7.36. The molecule has 0 amide bonds. The van der Waals surface area contributed by atoms with Gasteiger partial charge in [0.15, 0.2) is 0 Å². The molecule has 0 spiro atoms. The Labute approximate surface area is 170 Å². The van der Waals surface area contributed by atoms with Crippen LogP contribution >= 0.6 is 7.37 Å². The van der Waals surface area contributed by atoms with Crippen molar-refractivity contribution in [2.45, 2.75) is 26.8 Å².